The first-order chi connectivity index (χ1) is 8.68. The van der Waals surface area contributed by atoms with Gasteiger partial charge in [-0.15, -0.1) is 0 Å². The molecule has 1 N–H and O–H groups in total. The first-order valence-electron chi connectivity index (χ1n) is 6.67. The van der Waals surface area contributed by atoms with Gasteiger partial charge in [0.05, 0.1) is 12.2 Å². The summed E-state index contributed by atoms with van der Waals surface area (Å²) in [4.78, 5) is 12.1. The zero-order valence-corrected chi connectivity index (χ0v) is 11.2. The van der Waals surface area contributed by atoms with E-state index < -0.39 is 0 Å². The summed E-state index contributed by atoms with van der Waals surface area (Å²) in [5, 5.41) is 3.31. The predicted octanol–water partition coefficient (Wildman–Crippen LogP) is 2.54. The molecule has 3 heteroatoms. The standard InChI is InChI=1S/C15H21NO2/c1-11(2)7-9-18-15(17)14-5-3-4-12-10-16-8-6-13(12)14/h3-5,11,16H,6-10H2,1-2H3. The summed E-state index contributed by atoms with van der Waals surface area (Å²) in [7, 11) is 0. The second-order valence-electron chi connectivity index (χ2n) is 5.19. The molecule has 0 saturated heterocycles. The maximum Gasteiger partial charge on any atom is 0.338 e. The Labute approximate surface area is 109 Å². The van der Waals surface area contributed by atoms with Gasteiger partial charge in [0.15, 0.2) is 0 Å². The first-order valence-corrected chi connectivity index (χ1v) is 6.67. The van der Waals surface area contributed by atoms with E-state index in [4.69, 9.17) is 4.74 Å². The lowest BCUT2D eigenvalue weighted by Crippen LogP contribution is -2.25. The number of benzene rings is 1. The number of carbonyl (C=O) groups excluding carboxylic acids is 1. The quantitative estimate of drug-likeness (QED) is 0.831. The van der Waals surface area contributed by atoms with Crippen LogP contribution in [0.2, 0.25) is 0 Å². The van der Waals surface area contributed by atoms with Gasteiger partial charge >= 0.3 is 5.97 Å². The molecule has 1 heterocycles. The molecule has 0 amide bonds. The molecule has 0 radical (unpaired) electrons. The molecule has 0 bridgehead atoms. The predicted molar refractivity (Wildman–Crippen MR) is 71.6 cm³/mol. The zero-order chi connectivity index (χ0) is 13.0. The Hall–Kier alpha value is -1.35. The van der Waals surface area contributed by atoms with Crippen molar-refractivity contribution in [3.63, 3.8) is 0 Å². The number of ether oxygens (including phenoxy) is 1. The van der Waals surface area contributed by atoms with E-state index in [9.17, 15) is 4.79 Å². The summed E-state index contributed by atoms with van der Waals surface area (Å²) in [6, 6.07) is 5.89. The van der Waals surface area contributed by atoms with Crippen LogP contribution in [0.3, 0.4) is 0 Å². The third-order valence-electron chi connectivity index (χ3n) is 3.29. The number of fused-ring (bicyclic) bond motifs is 1. The summed E-state index contributed by atoms with van der Waals surface area (Å²) in [5.41, 5.74) is 3.13. The van der Waals surface area contributed by atoms with Crippen molar-refractivity contribution >= 4 is 5.97 Å². The molecule has 0 aromatic heterocycles. The van der Waals surface area contributed by atoms with E-state index in [0.717, 1.165) is 37.1 Å². The lowest BCUT2D eigenvalue weighted by Gasteiger charge is -2.19. The molecule has 1 aliphatic rings. The largest absolute Gasteiger partial charge is 0.462 e. The molecular formula is C15H21NO2. The van der Waals surface area contributed by atoms with Crippen molar-refractivity contribution in [3.8, 4) is 0 Å². The third-order valence-corrected chi connectivity index (χ3v) is 3.29. The summed E-state index contributed by atoms with van der Waals surface area (Å²) >= 11 is 0. The normalized spacial score (nSPS) is 14.4. The minimum absolute atomic E-state index is 0.172. The number of carbonyl (C=O) groups is 1. The van der Waals surface area contributed by atoms with Gasteiger partial charge in [0.1, 0.15) is 0 Å². The minimum atomic E-state index is -0.172. The van der Waals surface area contributed by atoms with Crippen molar-refractivity contribution in [1.29, 1.82) is 0 Å². The SMILES string of the molecule is CC(C)CCOC(=O)c1cccc2c1CCNC2. The lowest BCUT2D eigenvalue weighted by atomic mass is 9.95. The van der Waals surface area contributed by atoms with E-state index in [2.05, 4.69) is 25.2 Å². The molecule has 1 aliphatic heterocycles. The third kappa shape index (κ3) is 3.10. The average molecular weight is 247 g/mol. The molecule has 1 aromatic carbocycles. The molecule has 0 aliphatic carbocycles. The van der Waals surface area contributed by atoms with Crippen LogP contribution in [-0.4, -0.2) is 19.1 Å². The van der Waals surface area contributed by atoms with E-state index in [1.165, 1.54) is 5.56 Å². The second kappa shape index (κ2) is 6.01. The van der Waals surface area contributed by atoms with Crippen molar-refractivity contribution in [2.24, 2.45) is 5.92 Å². The van der Waals surface area contributed by atoms with Crippen LogP contribution < -0.4 is 5.32 Å². The summed E-state index contributed by atoms with van der Waals surface area (Å²) in [6.07, 6.45) is 1.83. The smallest absolute Gasteiger partial charge is 0.338 e. The highest BCUT2D eigenvalue weighted by Gasteiger charge is 2.18. The van der Waals surface area contributed by atoms with E-state index in [-0.39, 0.29) is 5.97 Å². The molecule has 0 unspecified atom stereocenters. The van der Waals surface area contributed by atoms with Crippen molar-refractivity contribution in [1.82, 2.24) is 5.32 Å². The van der Waals surface area contributed by atoms with Crippen molar-refractivity contribution < 1.29 is 9.53 Å². The molecular weight excluding hydrogens is 226 g/mol. The molecule has 18 heavy (non-hydrogen) atoms. The van der Waals surface area contributed by atoms with Crippen LogP contribution in [0.5, 0.6) is 0 Å². The average Bonchev–Trinajstić information content (AvgIpc) is 2.37. The Balaban J connectivity index is 2.06. The van der Waals surface area contributed by atoms with Gasteiger partial charge < -0.3 is 10.1 Å². The fourth-order valence-corrected chi connectivity index (χ4v) is 2.19. The highest BCUT2D eigenvalue weighted by Crippen LogP contribution is 2.19. The highest BCUT2D eigenvalue weighted by molar-refractivity contribution is 5.91. The second-order valence-corrected chi connectivity index (χ2v) is 5.19. The van der Waals surface area contributed by atoms with Gasteiger partial charge in [-0.25, -0.2) is 4.79 Å². The number of nitrogens with one attached hydrogen (secondary N) is 1. The summed E-state index contributed by atoms with van der Waals surface area (Å²) < 4.78 is 5.35. The first kappa shape index (κ1) is 13.1. The van der Waals surface area contributed by atoms with Gasteiger partial charge in [0.2, 0.25) is 0 Å². The monoisotopic (exact) mass is 247 g/mol. The molecule has 98 valence electrons. The van der Waals surface area contributed by atoms with Crippen molar-refractivity contribution in [2.45, 2.75) is 33.2 Å². The fourth-order valence-electron chi connectivity index (χ4n) is 2.19. The van der Waals surface area contributed by atoms with Crippen LogP contribution in [0, 0.1) is 5.92 Å². The Morgan fingerprint density at radius 3 is 3.06 bits per heavy atom. The van der Waals surface area contributed by atoms with Gasteiger partial charge in [-0.05, 0) is 42.5 Å². The van der Waals surface area contributed by atoms with Gasteiger partial charge in [-0.3, -0.25) is 0 Å². The van der Waals surface area contributed by atoms with Gasteiger partial charge in [0, 0.05) is 6.54 Å². The molecule has 2 rings (SSSR count). The summed E-state index contributed by atoms with van der Waals surface area (Å²) in [5.74, 6) is 0.390. The Kier molecular flexibility index (Phi) is 4.37. The van der Waals surface area contributed by atoms with Crippen LogP contribution in [-0.2, 0) is 17.7 Å². The molecule has 0 fully saturated rings. The molecule has 0 atom stereocenters. The Morgan fingerprint density at radius 1 is 1.44 bits per heavy atom. The van der Waals surface area contributed by atoms with Crippen LogP contribution in [0.4, 0.5) is 0 Å². The number of hydrogen-bond donors (Lipinski definition) is 1. The van der Waals surface area contributed by atoms with Crippen molar-refractivity contribution in [2.75, 3.05) is 13.2 Å². The molecule has 1 aromatic rings. The van der Waals surface area contributed by atoms with E-state index in [1.807, 2.05) is 12.1 Å². The topological polar surface area (TPSA) is 38.3 Å². The van der Waals surface area contributed by atoms with Crippen LogP contribution in [0.1, 0.15) is 41.8 Å². The van der Waals surface area contributed by atoms with E-state index >= 15 is 0 Å². The van der Waals surface area contributed by atoms with Gasteiger partial charge in [0.25, 0.3) is 0 Å². The Morgan fingerprint density at radius 2 is 2.28 bits per heavy atom. The molecule has 0 spiro atoms. The minimum Gasteiger partial charge on any atom is -0.462 e. The van der Waals surface area contributed by atoms with Crippen LogP contribution >= 0.6 is 0 Å². The zero-order valence-electron chi connectivity index (χ0n) is 11.2. The Bertz CT molecular complexity index is 427. The lowest BCUT2D eigenvalue weighted by molar-refractivity contribution is 0.0486. The highest BCUT2D eigenvalue weighted by atomic mass is 16.5. The van der Waals surface area contributed by atoms with E-state index in [1.54, 1.807) is 0 Å². The van der Waals surface area contributed by atoms with Crippen LogP contribution in [0.15, 0.2) is 18.2 Å². The maximum atomic E-state index is 12.1. The molecule has 3 nitrogen and oxygen atoms in total. The van der Waals surface area contributed by atoms with E-state index in [0.29, 0.717) is 12.5 Å². The number of esters is 1. The van der Waals surface area contributed by atoms with Crippen LogP contribution in [0.25, 0.3) is 0 Å². The van der Waals surface area contributed by atoms with Gasteiger partial charge in [-0.1, -0.05) is 26.0 Å². The van der Waals surface area contributed by atoms with Gasteiger partial charge in [-0.2, -0.15) is 0 Å². The fraction of sp³-hybridized carbons (Fsp3) is 0.533. The molecule has 0 saturated carbocycles. The van der Waals surface area contributed by atoms with Crippen molar-refractivity contribution in [3.05, 3.63) is 34.9 Å². The number of hydrogen-bond acceptors (Lipinski definition) is 3. The maximum absolute atomic E-state index is 12.1. The number of rotatable bonds is 4. The summed E-state index contributed by atoms with van der Waals surface area (Å²) in [6.45, 7) is 6.55.